The van der Waals surface area contributed by atoms with Gasteiger partial charge in [-0.05, 0) is 31.2 Å². The average molecular weight is 401 g/mol. The van der Waals surface area contributed by atoms with Gasteiger partial charge in [-0.2, -0.15) is 0 Å². The largest absolute Gasteiger partial charge is 0.491 e. The summed E-state index contributed by atoms with van der Waals surface area (Å²) < 4.78 is 5.79. The van der Waals surface area contributed by atoms with E-state index in [9.17, 15) is 9.59 Å². The van der Waals surface area contributed by atoms with Crippen molar-refractivity contribution in [2.45, 2.75) is 6.92 Å². The first kappa shape index (κ1) is 18.6. The number of halogens is 1. The highest BCUT2D eigenvalue weighted by Crippen LogP contribution is 2.40. The highest BCUT2D eigenvalue weighted by molar-refractivity contribution is 6.37. The summed E-state index contributed by atoms with van der Waals surface area (Å²) in [5.74, 6) is 0.184. The predicted molar refractivity (Wildman–Crippen MR) is 109 cm³/mol. The van der Waals surface area contributed by atoms with Gasteiger partial charge in [0.2, 0.25) is 0 Å². The van der Waals surface area contributed by atoms with Gasteiger partial charge in [0.15, 0.2) is 0 Å². The van der Waals surface area contributed by atoms with Crippen LogP contribution in [0, 0.1) is 6.92 Å². The first-order valence-electron chi connectivity index (χ1n) is 9.09. The van der Waals surface area contributed by atoms with E-state index in [1.165, 1.54) is 0 Å². The standard InChI is InChI=1S/C20H21ClN4O3/c1-11-7-14-16(23-11)8-13-12-9-18(15(21)10-17(12)24-19(13)26)28-6-4-22-3-5-25(2)20(14)27/h7-10,22-23H,3-6H2,1-2H3,(H,24,26)/b13-8-. The van der Waals surface area contributed by atoms with Gasteiger partial charge in [0.25, 0.3) is 11.8 Å². The number of aromatic nitrogens is 1. The van der Waals surface area contributed by atoms with Gasteiger partial charge in [0.1, 0.15) is 12.4 Å². The zero-order chi connectivity index (χ0) is 19.8. The Labute approximate surface area is 167 Å². The third-order valence-corrected chi connectivity index (χ3v) is 5.16. The number of amides is 2. The number of nitrogens with one attached hydrogen (secondary N) is 3. The van der Waals surface area contributed by atoms with E-state index in [0.717, 1.165) is 5.69 Å². The van der Waals surface area contributed by atoms with E-state index in [-0.39, 0.29) is 11.8 Å². The number of benzene rings is 1. The molecule has 8 heteroatoms. The van der Waals surface area contributed by atoms with E-state index in [1.807, 2.05) is 6.92 Å². The van der Waals surface area contributed by atoms with Crippen LogP contribution in [0.2, 0.25) is 5.02 Å². The number of aromatic amines is 1. The lowest BCUT2D eigenvalue weighted by molar-refractivity contribution is -0.110. The van der Waals surface area contributed by atoms with Gasteiger partial charge in [0, 0.05) is 37.9 Å². The third kappa shape index (κ3) is 3.39. The van der Waals surface area contributed by atoms with Crippen LogP contribution in [0.25, 0.3) is 11.6 Å². The summed E-state index contributed by atoms with van der Waals surface area (Å²) in [6.45, 7) is 4.12. The lowest BCUT2D eigenvalue weighted by Crippen LogP contribution is -2.35. The lowest BCUT2D eigenvalue weighted by atomic mass is 10.0. The molecular formula is C20H21ClN4O3. The minimum Gasteiger partial charge on any atom is -0.491 e. The number of fused-ring (bicyclic) bond motifs is 2. The van der Waals surface area contributed by atoms with Crippen molar-refractivity contribution in [3.8, 4) is 5.75 Å². The molecule has 0 unspecified atom stereocenters. The van der Waals surface area contributed by atoms with E-state index in [2.05, 4.69) is 15.6 Å². The Morgan fingerprint density at radius 1 is 1.14 bits per heavy atom. The van der Waals surface area contributed by atoms with E-state index >= 15 is 0 Å². The number of hydrogen-bond donors (Lipinski definition) is 3. The molecule has 0 radical (unpaired) electrons. The summed E-state index contributed by atoms with van der Waals surface area (Å²) in [7, 11) is 1.76. The number of H-pyrrole nitrogens is 1. The van der Waals surface area contributed by atoms with Crippen LogP contribution >= 0.6 is 11.6 Å². The first-order chi connectivity index (χ1) is 13.4. The van der Waals surface area contributed by atoms with E-state index < -0.39 is 0 Å². The van der Waals surface area contributed by atoms with Gasteiger partial charge in [-0.15, -0.1) is 0 Å². The van der Waals surface area contributed by atoms with Crippen molar-refractivity contribution < 1.29 is 14.3 Å². The number of anilines is 1. The van der Waals surface area contributed by atoms with Crippen molar-refractivity contribution in [2.24, 2.45) is 0 Å². The molecule has 2 bridgehead atoms. The van der Waals surface area contributed by atoms with Crippen LogP contribution in [0.1, 0.15) is 27.3 Å². The van der Waals surface area contributed by atoms with Gasteiger partial charge in [-0.1, -0.05) is 11.6 Å². The summed E-state index contributed by atoms with van der Waals surface area (Å²) in [6.07, 6.45) is 1.71. The number of rotatable bonds is 0. The van der Waals surface area contributed by atoms with Gasteiger partial charge >= 0.3 is 0 Å². The minimum atomic E-state index is -0.242. The molecule has 3 N–H and O–H groups in total. The van der Waals surface area contributed by atoms with Crippen molar-refractivity contribution in [2.75, 3.05) is 38.6 Å². The van der Waals surface area contributed by atoms with Crippen LogP contribution < -0.4 is 15.4 Å². The van der Waals surface area contributed by atoms with Crippen LogP contribution in [0.5, 0.6) is 5.75 Å². The second kappa shape index (κ2) is 7.33. The Hall–Kier alpha value is -2.77. The molecule has 2 aliphatic heterocycles. The molecule has 0 spiro atoms. The minimum absolute atomic E-state index is 0.0976. The fourth-order valence-corrected chi connectivity index (χ4v) is 3.62. The second-order valence-corrected chi connectivity index (χ2v) is 7.35. The maximum absolute atomic E-state index is 12.9. The highest BCUT2D eigenvalue weighted by Gasteiger charge is 2.27. The molecule has 0 saturated heterocycles. The van der Waals surface area contributed by atoms with Gasteiger partial charge in [0.05, 0.1) is 27.5 Å². The SMILES string of the molecule is Cc1cc2c([nH]1)/C=C1\C(=O)Nc3cc(Cl)c(cc31)OCCNCCN(C)C2=O. The monoisotopic (exact) mass is 400 g/mol. The molecule has 2 amide bonds. The number of carbonyl (C=O) groups is 2. The first-order valence-corrected chi connectivity index (χ1v) is 9.47. The topological polar surface area (TPSA) is 86.5 Å². The summed E-state index contributed by atoms with van der Waals surface area (Å²) in [6, 6.07) is 5.27. The summed E-state index contributed by atoms with van der Waals surface area (Å²) in [5, 5.41) is 6.52. The molecule has 0 fully saturated rings. The predicted octanol–water partition coefficient (Wildman–Crippen LogP) is 2.52. The number of hydrogen-bond acceptors (Lipinski definition) is 4. The average Bonchev–Trinajstić information content (AvgIpc) is 3.16. The van der Waals surface area contributed by atoms with Crippen molar-refractivity contribution in [3.05, 3.63) is 45.7 Å². The Morgan fingerprint density at radius 2 is 1.96 bits per heavy atom. The zero-order valence-corrected chi connectivity index (χ0v) is 16.4. The molecule has 1 aromatic heterocycles. The van der Waals surface area contributed by atoms with Gasteiger partial charge < -0.3 is 25.3 Å². The summed E-state index contributed by atoms with van der Waals surface area (Å²) in [5.41, 5.74) is 3.78. The molecule has 1 aromatic carbocycles. The summed E-state index contributed by atoms with van der Waals surface area (Å²) in [4.78, 5) is 30.3. The third-order valence-electron chi connectivity index (χ3n) is 4.86. The number of aryl methyl sites for hydroxylation is 1. The molecule has 2 aliphatic rings. The molecule has 3 heterocycles. The maximum atomic E-state index is 12.9. The number of carbonyl (C=O) groups excluding carboxylic acids is 2. The van der Waals surface area contributed by atoms with Crippen LogP contribution in [-0.2, 0) is 4.79 Å². The molecule has 28 heavy (non-hydrogen) atoms. The smallest absolute Gasteiger partial charge is 0.256 e. The Kier molecular flexibility index (Phi) is 4.87. The number of ether oxygens (including phenoxy) is 1. The van der Waals surface area contributed by atoms with Crippen molar-refractivity contribution in [1.82, 2.24) is 15.2 Å². The highest BCUT2D eigenvalue weighted by atomic mass is 35.5. The van der Waals surface area contributed by atoms with Crippen LogP contribution in [0.15, 0.2) is 18.2 Å². The fourth-order valence-electron chi connectivity index (χ4n) is 3.40. The second-order valence-electron chi connectivity index (χ2n) is 6.95. The van der Waals surface area contributed by atoms with Gasteiger partial charge in [-0.3, -0.25) is 9.59 Å². The van der Waals surface area contributed by atoms with Crippen molar-refractivity contribution in [1.29, 1.82) is 0 Å². The summed E-state index contributed by atoms with van der Waals surface area (Å²) >= 11 is 6.31. The van der Waals surface area contributed by atoms with E-state index in [4.69, 9.17) is 16.3 Å². The molecule has 7 nitrogen and oxygen atoms in total. The fraction of sp³-hybridized carbons (Fsp3) is 0.300. The molecule has 4 rings (SSSR count). The Balaban J connectivity index is 1.85. The molecule has 0 atom stereocenters. The maximum Gasteiger partial charge on any atom is 0.256 e. The van der Waals surface area contributed by atoms with E-state index in [0.29, 0.717) is 65.1 Å². The quantitative estimate of drug-likeness (QED) is 0.634. The molecule has 0 aliphatic carbocycles. The van der Waals surface area contributed by atoms with Crippen LogP contribution in [0.4, 0.5) is 5.69 Å². The zero-order valence-electron chi connectivity index (χ0n) is 15.7. The lowest BCUT2D eigenvalue weighted by Gasteiger charge is -2.17. The van der Waals surface area contributed by atoms with Crippen LogP contribution in [-0.4, -0.2) is 55.0 Å². The number of likely N-dealkylation sites (N-methyl/N-ethyl adjacent to an activating group) is 1. The Bertz CT molecular complexity index is 996. The van der Waals surface area contributed by atoms with Crippen molar-refractivity contribution >= 4 is 40.8 Å². The normalized spacial score (nSPS) is 19.1. The van der Waals surface area contributed by atoms with Crippen molar-refractivity contribution in [3.63, 3.8) is 0 Å². The van der Waals surface area contributed by atoms with Gasteiger partial charge in [-0.25, -0.2) is 0 Å². The molecular weight excluding hydrogens is 380 g/mol. The molecule has 2 aromatic rings. The number of nitrogens with zero attached hydrogens (tertiary/aromatic N) is 1. The molecule has 0 saturated carbocycles. The van der Waals surface area contributed by atoms with Crippen LogP contribution in [0.3, 0.4) is 0 Å². The molecule has 146 valence electrons. The Morgan fingerprint density at radius 3 is 2.79 bits per heavy atom. The van der Waals surface area contributed by atoms with E-state index in [1.54, 1.807) is 36.2 Å².